The minimum atomic E-state index is -3.66. The summed E-state index contributed by atoms with van der Waals surface area (Å²) in [5.74, 6) is 0. The number of aryl methyl sites for hydroxylation is 2. The molecule has 3 rings (SSSR count). The van der Waals surface area contributed by atoms with Gasteiger partial charge in [-0.15, -0.1) is 0 Å². The van der Waals surface area contributed by atoms with Crippen LogP contribution in [0.2, 0.25) is 0 Å². The van der Waals surface area contributed by atoms with Gasteiger partial charge in [-0.1, -0.05) is 60.2 Å². The van der Waals surface area contributed by atoms with Gasteiger partial charge in [0.25, 0.3) is 0 Å². The van der Waals surface area contributed by atoms with Crippen LogP contribution >= 0.6 is 0 Å². The Balaban J connectivity index is 1.89. The van der Waals surface area contributed by atoms with Gasteiger partial charge in [0.1, 0.15) is 10.6 Å². The van der Waals surface area contributed by atoms with Crippen LogP contribution in [0.4, 0.5) is 0 Å². The zero-order chi connectivity index (χ0) is 17.2. The highest BCUT2D eigenvalue weighted by Gasteiger charge is 2.22. The Kier molecular flexibility index (Phi) is 4.51. The Bertz CT molecular complexity index is 930. The molecule has 0 saturated heterocycles. The SMILES string of the molecule is Cc1ccc(CNS(=O)(=O)c2cn(C)nc2-c2ccccc2)cc1. The summed E-state index contributed by atoms with van der Waals surface area (Å²) in [5.41, 5.74) is 3.28. The largest absolute Gasteiger partial charge is 0.274 e. The molecule has 1 N–H and O–H groups in total. The Labute approximate surface area is 142 Å². The summed E-state index contributed by atoms with van der Waals surface area (Å²) >= 11 is 0. The van der Waals surface area contributed by atoms with Gasteiger partial charge < -0.3 is 0 Å². The van der Waals surface area contributed by atoms with Gasteiger partial charge in [0.05, 0.1) is 0 Å². The van der Waals surface area contributed by atoms with Gasteiger partial charge >= 0.3 is 0 Å². The maximum Gasteiger partial charge on any atom is 0.244 e. The molecule has 0 atom stereocenters. The van der Waals surface area contributed by atoms with E-state index in [4.69, 9.17) is 0 Å². The molecule has 0 radical (unpaired) electrons. The van der Waals surface area contributed by atoms with Crippen molar-refractivity contribution in [3.8, 4) is 11.3 Å². The number of benzene rings is 2. The summed E-state index contributed by atoms with van der Waals surface area (Å²) in [5, 5.41) is 4.31. The fourth-order valence-electron chi connectivity index (χ4n) is 2.42. The van der Waals surface area contributed by atoms with Gasteiger partial charge in [-0.05, 0) is 12.5 Å². The molecule has 0 fully saturated rings. The standard InChI is InChI=1S/C18H19N3O2S/c1-14-8-10-15(11-9-14)12-19-24(22,23)17-13-21(2)20-18(17)16-6-4-3-5-7-16/h3-11,13,19H,12H2,1-2H3. The highest BCUT2D eigenvalue weighted by atomic mass is 32.2. The van der Waals surface area contributed by atoms with Gasteiger partial charge in [0.15, 0.2) is 0 Å². The van der Waals surface area contributed by atoms with Crippen molar-refractivity contribution in [2.24, 2.45) is 7.05 Å². The van der Waals surface area contributed by atoms with E-state index >= 15 is 0 Å². The molecule has 2 aromatic carbocycles. The van der Waals surface area contributed by atoms with Crippen LogP contribution in [0.25, 0.3) is 11.3 Å². The van der Waals surface area contributed by atoms with Gasteiger partial charge in [-0.25, -0.2) is 13.1 Å². The highest BCUT2D eigenvalue weighted by Crippen LogP contribution is 2.25. The molecule has 0 amide bonds. The summed E-state index contributed by atoms with van der Waals surface area (Å²) in [6.07, 6.45) is 1.53. The van der Waals surface area contributed by atoms with E-state index < -0.39 is 10.0 Å². The molecule has 3 aromatic rings. The molecular formula is C18H19N3O2S. The van der Waals surface area contributed by atoms with Crippen molar-refractivity contribution in [2.75, 3.05) is 0 Å². The Morgan fingerprint density at radius 3 is 2.38 bits per heavy atom. The highest BCUT2D eigenvalue weighted by molar-refractivity contribution is 7.89. The maximum atomic E-state index is 12.7. The molecular weight excluding hydrogens is 322 g/mol. The predicted molar refractivity (Wildman–Crippen MR) is 93.8 cm³/mol. The summed E-state index contributed by atoms with van der Waals surface area (Å²) < 4.78 is 29.6. The molecule has 1 heterocycles. The summed E-state index contributed by atoms with van der Waals surface area (Å²) in [6.45, 7) is 2.24. The van der Waals surface area contributed by atoms with Crippen LogP contribution in [-0.2, 0) is 23.6 Å². The number of nitrogens with one attached hydrogen (secondary N) is 1. The van der Waals surface area contributed by atoms with Crippen molar-refractivity contribution in [2.45, 2.75) is 18.4 Å². The third-order valence-corrected chi connectivity index (χ3v) is 5.12. The maximum absolute atomic E-state index is 12.7. The van der Waals surface area contributed by atoms with Crippen LogP contribution in [-0.4, -0.2) is 18.2 Å². The summed E-state index contributed by atoms with van der Waals surface area (Å²) in [6, 6.07) is 17.1. The third kappa shape index (κ3) is 3.55. The van der Waals surface area contributed by atoms with Gasteiger partial charge in [-0.3, -0.25) is 4.68 Å². The molecule has 0 aliphatic heterocycles. The average molecular weight is 341 g/mol. The quantitative estimate of drug-likeness (QED) is 0.776. The van der Waals surface area contributed by atoms with Crippen LogP contribution in [0.3, 0.4) is 0 Å². The van der Waals surface area contributed by atoms with E-state index in [2.05, 4.69) is 9.82 Å². The lowest BCUT2D eigenvalue weighted by atomic mass is 10.2. The van der Waals surface area contributed by atoms with E-state index in [0.717, 1.165) is 16.7 Å². The topological polar surface area (TPSA) is 64.0 Å². The molecule has 0 spiro atoms. The second-order valence-corrected chi connectivity index (χ2v) is 7.43. The van der Waals surface area contributed by atoms with Crippen LogP contribution in [0, 0.1) is 6.92 Å². The average Bonchev–Trinajstić information content (AvgIpc) is 2.98. The summed E-state index contributed by atoms with van der Waals surface area (Å²) in [7, 11) is -1.95. The smallest absolute Gasteiger partial charge is 0.244 e. The monoisotopic (exact) mass is 341 g/mol. The molecule has 124 valence electrons. The second-order valence-electron chi connectivity index (χ2n) is 5.69. The fraction of sp³-hybridized carbons (Fsp3) is 0.167. The first-order chi connectivity index (χ1) is 11.5. The molecule has 6 heteroatoms. The molecule has 0 aliphatic rings. The number of sulfonamides is 1. The molecule has 0 unspecified atom stereocenters. The summed E-state index contributed by atoms with van der Waals surface area (Å²) in [4.78, 5) is 0.184. The van der Waals surface area contributed by atoms with Gasteiger partial charge in [0.2, 0.25) is 10.0 Å². The zero-order valence-corrected chi connectivity index (χ0v) is 14.4. The van der Waals surface area contributed by atoms with E-state index in [1.165, 1.54) is 10.9 Å². The van der Waals surface area contributed by atoms with Crippen molar-refractivity contribution in [1.82, 2.24) is 14.5 Å². The van der Waals surface area contributed by atoms with Crippen molar-refractivity contribution in [3.63, 3.8) is 0 Å². The van der Waals surface area contributed by atoms with Crippen LogP contribution in [0.5, 0.6) is 0 Å². The van der Waals surface area contributed by atoms with E-state index in [9.17, 15) is 8.42 Å². The number of hydrogen-bond donors (Lipinski definition) is 1. The Hall–Kier alpha value is -2.44. The van der Waals surface area contributed by atoms with Crippen LogP contribution < -0.4 is 4.72 Å². The molecule has 0 aliphatic carbocycles. The van der Waals surface area contributed by atoms with E-state index in [0.29, 0.717) is 5.69 Å². The van der Waals surface area contributed by atoms with E-state index in [-0.39, 0.29) is 11.4 Å². The van der Waals surface area contributed by atoms with Crippen LogP contribution in [0.1, 0.15) is 11.1 Å². The lowest BCUT2D eigenvalue weighted by molar-refractivity contribution is 0.581. The van der Waals surface area contributed by atoms with Crippen LogP contribution in [0.15, 0.2) is 65.7 Å². The fourth-order valence-corrected chi connectivity index (χ4v) is 3.64. The van der Waals surface area contributed by atoms with Crippen molar-refractivity contribution in [3.05, 3.63) is 71.9 Å². The first-order valence-electron chi connectivity index (χ1n) is 7.60. The molecule has 5 nitrogen and oxygen atoms in total. The number of nitrogens with zero attached hydrogens (tertiary/aromatic N) is 2. The van der Waals surface area contributed by atoms with Crippen molar-refractivity contribution < 1.29 is 8.42 Å². The minimum Gasteiger partial charge on any atom is -0.274 e. The lowest BCUT2D eigenvalue weighted by Gasteiger charge is -2.07. The lowest BCUT2D eigenvalue weighted by Crippen LogP contribution is -2.23. The molecule has 24 heavy (non-hydrogen) atoms. The van der Waals surface area contributed by atoms with E-state index in [1.807, 2.05) is 61.5 Å². The number of aromatic nitrogens is 2. The zero-order valence-electron chi connectivity index (χ0n) is 13.6. The first-order valence-corrected chi connectivity index (χ1v) is 9.08. The second kappa shape index (κ2) is 6.59. The predicted octanol–water partition coefficient (Wildman–Crippen LogP) is 2.87. The number of hydrogen-bond acceptors (Lipinski definition) is 3. The van der Waals surface area contributed by atoms with Gasteiger partial charge in [-0.2, -0.15) is 5.10 Å². The minimum absolute atomic E-state index is 0.184. The molecule has 0 saturated carbocycles. The Morgan fingerprint density at radius 1 is 1.04 bits per heavy atom. The van der Waals surface area contributed by atoms with E-state index in [1.54, 1.807) is 7.05 Å². The van der Waals surface area contributed by atoms with Crippen molar-refractivity contribution >= 4 is 10.0 Å². The molecule has 0 bridgehead atoms. The molecule has 1 aromatic heterocycles. The normalized spacial score (nSPS) is 11.6. The number of rotatable bonds is 5. The van der Waals surface area contributed by atoms with Gasteiger partial charge in [0, 0.05) is 25.4 Å². The first kappa shape index (κ1) is 16.4. The van der Waals surface area contributed by atoms with Crippen molar-refractivity contribution in [1.29, 1.82) is 0 Å². The third-order valence-electron chi connectivity index (χ3n) is 3.72. The Morgan fingerprint density at radius 2 is 1.71 bits per heavy atom.